The van der Waals surface area contributed by atoms with Crippen LogP contribution in [0.2, 0.25) is 0 Å². The van der Waals surface area contributed by atoms with Crippen molar-refractivity contribution in [2.45, 2.75) is 32.9 Å². The third kappa shape index (κ3) is 12.6. The highest BCUT2D eigenvalue weighted by Gasteiger charge is 2.00. The van der Waals surface area contributed by atoms with E-state index >= 15 is 0 Å². The van der Waals surface area contributed by atoms with Crippen LogP contribution in [0.15, 0.2) is 52.1 Å². The number of hydrogen-bond acceptors (Lipinski definition) is 5. The number of aliphatic imine (C=N–C) groups is 1. The summed E-state index contributed by atoms with van der Waals surface area (Å²) in [5.41, 5.74) is 1.15. The van der Waals surface area contributed by atoms with Gasteiger partial charge >= 0.3 is 0 Å². The van der Waals surface area contributed by atoms with Gasteiger partial charge in [-0.1, -0.05) is 12.1 Å². The van der Waals surface area contributed by atoms with Gasteiger partial charge < -0.3 is 29.4 Å². The SMILES string of the molecule is CCNC(=NCc1ccc(OCCCN(C)C)cc1)NCCCOCc1ccco1.I. The van der Waals surface area contributed by atoms with Crippen LogP contribution in [0.3, 0.4) is 0 Å². The van der Waals surface area contributed by atoms with E-state index in [0.29, 0.717) is 19.8 Å². The Morgan fingerprint density at radius 3 is 2.55 bits per heavy atom. The average molecular weight is 544 g/mol. The van der Waals surface area contributed by atoms with Gasteiger partial charge in [0.2, 0.25) is 0 Å². The van der Waals surface area contributed by atoms with Crippen LogP contribution in [-0.2, 0) is 17.9 Å². The minimum absolute atomic E-state index is 0. The van der Waals surface area contributed by atoms with E-state index in [0.717, 1.165) is 62.1 Å². The summed E-state index contributed by atoms with van der Waals surface area (Å²) < 4.78 is 16.6. The van der Waals surface area contributed by atoms with E-state index in [4.69, 9.17) is 13.9 Å². The minimum atomic E-state index is 0. The predicted molar refractivity (Wildman–Crippen MR) is 136 cm³/mol. The van der Waals surface area contributed by atoms with Crippen molar-refractivity contribution >= 4 is 29.9 Å². The molecule has 0 aliphatic carbocycles. The summed E-state index contributed by atoms with van der Waals surface area (Å²) in [5, 5.41) is 6.62. The number of ether oxygens (including phenoxy) is 2. The summed E-state index contributed by atoms with van der Waals surface area (Å²) in [6.07, 6.45) is 3.57. The van der Waals surface area contributed by atoms with Crippen molar-refractivity contribution in [2.24, 2.45) is 4.99 Å². The van der Waals surface area contributed by atoms with Crippen molar-refractivity contribution in [2.75, 3.05) is 46.9 Å². The van der Waals surface area contributed by atoms with E-state index in [1.54, 1.807) is 6.26 Å². The molecule has 174 valence electrons. The largest absolute Gasteiger partial charge is 0.494 e. The first-order valence-electron chi connectivity index (χ1n) is 10.7. The molecule has 2 rings (SSSR count). The highest BCUT2D eigenvalue weighted by Crippen LogP contribution is 2.13. The molecule has 1 aromatic carbocycles. The van der Waals surface area contributed by atoms with Gasteiger partial charge in [-0.15, -0.1) is 24.0 Å². The molecule has 0 saturated heterocycles. The molecule has 7 nitrogen and oxygen atoms in total. The molecule has 0 spiro atoms. The van der Waals surface area contributed by atoms with Gasteiger partial charge in [0.25, 0.3) is 0 Å². The predicted octanol–water partition coefficient (Wildman–Crippen LogP) is 3.89. The van der Waals surface area contributed by atoms with Crippen LogP contribution in [0.1, 0.15) is 31.1 Å². The van der Waals surface area contributed by atoms with Crippen molar-refractivity contribution in [3.63, 3.8) is 0 Å². The van der Waals surface area contributed by atoms with E-state index in [1.165, 1.54) is 0 Å². The van der Waals surface area contributed by atoms with E-state index in [9.17, 15) is 0 Å². The minimum Gasteiger partial charge on any atom is -0.494 e. The highest BCUT2D eigenvalue weighted by atomic mass is 127. The Morgan fingerprint density at radius 1 is 1.06 bits per heavy atom. The van der Waals surface area contributed by atoms with Gasteiger partial charge in [-0.2, -0.15) is 0 Å². The van der Waals surface area contributed by atoms with Gasteiger partial charge in [0.15, 0.2) is 5.96 Å². The molecule has 31 heavy (non-hydrogen) atoms. The summed E-state index contributed by atoms with van der Waals surface area (Å²) in [4.78, 5) is 6.82. The Labute approximate surface area is 203 Å². The summed E-state index contributed by atoms with van der Waals surface area (Å²) >= 11 is 0. The maximum Gasteiger partial charge on any atom is 0.191 e. The number of guanidine groups is 1. The van der Waals surface area contributed by atoms with E-state index in [-0.39, 0.29) is 24.0 Å². The lowest BCUT2D eigenvalue weighted by atomic mass is 10.2. The molecule has 8 heteroatoms. The molecule has 0 atom stereocenters. The first-order valence-corrected chi connectivity index (χ1v) is 10.7. The molecule has 0 amide bonds. The maximum absolute atomic E-state index is 5.78. The zero-order chi connectivity index (χ0) is 21.4. The molecule has 0 aliphatic rings. The zero-order valence-corrected chi connectivity index (χ0v) is 21.3. The van der Waals surface area contributed by atoms with Gasteiger partial charge in [-0.3, -0.25) is 0 Å². The summed E-state index contributed by atoms with van der Waals surface area (Å²) in [6.45, 7) is 7.24. The lowest BCUT2D eigenvalue weighted by Crippen LogP contribution is -2.38. The summed E-state index contributed by atoms with van der Waals surface area (Å²) in [5.74, 6) is 2.57. The zero-order valence-electron chi connectivity index (χ0n) is 18.9. The number of benzene rings is 1. The molecular formula is C23H37IN4O3. The number of rotatable bonds is 14. The van der Waals surface area contributed by atoms with Crippen LogP contribution < -0.4 is 15.4 Å². The fraction of sp³-hybridized carbons (Fsp3) is 0.522. The molecule has 0 fully saturated rings. The van der Waals surface area contributed by atoms with Gasteiger partial charge in [-0.25, -0.2) is 4.99 Å². The van der Waals surface area contributed by atoms with Crippen molar-refractivity contribution in [1.29, 1.82) is 0 Å². The lowest BCUT2D eigenvalue weighted by molar-refractivity contribution is 0.105. The lowest BCUT2D eigenvalue weighted by Gasteiger charge is -2.12. The highest BCUT2D eigenvalue weighted by molar-refractivity contribution is 14.0. The van der Waals surface area contributed by atoms with Gasteiger partial charge in [0.05, 0.1) is 19.4 Å². The Hall–Kier alpha value is -1.78. The van der Waals surface area contributed by atoms with Crippen LogP contribution in [0, 0.1) is 0 Å². The third-order valence-corrected chi connectivity index (χ3v) is 4.29. The standard InChI is InChI=1S/C23H36N4O3.HI/c1-4-24-23(25-13-6-15-28-19-22-8-5-16-30-22)26-18-20-9-11-21(12-10-20)29-17-7-14-27(2)3;/h5,8-12,16H,4,6-7,13-15,17-19H2,1-3H3,(H2,24,25,26);1H. The molecule has 0 saturated carbocycles. The molecule has 0 radical (unpaired) electrons. The second kappa shape index (κ2) is 16.9. The van der Waals surface area contributed by atoms with Crippen LogP contribution in [-0.4, -0.2) is 57.8 Å². The number of halogens is 1. The normalized spacial score (nSPS) is 11.3. The van der Waals surface area contributed by atoms with E-state index < -0.39 is 0 Å². The second-order valence-electron chi connectivity index (χ2n) is 7.26. The number of nitrogens with one attached hydrogen (secondary N) is 2. The fourth-order valence-electron chi connectivity index (χ4n) is 2.72. The monoisotopic (exact) mass is 544 g/mol. The molecule has 0 bridgehead atoms. The van der Waals surface area contributed by atoms with Crippen molar-refractivity contribution in [3.8, 4) is 5.75 Å². The van der Waals surface area contributed by atoms with Crippen LogP contribution in [0.25, 0.3) is 0 Å². The first-order chi connectivity index (χ1) is 14.7. The fourth-order valence-corrected chi connectivity index (χ4v) is 2.72. The van der Waals surface area contributed by atoms with Crippen LogP contribution >= 0.6 is 24.0 Å². The van der Waals surface area contributed by atoms with Crippen molar-refractivity contribution in [1.82, 2.24) is 15.5 Å². The van der Waals surface area contributed by atoms with E-state index in [2.05, 4.69) is 53.7 Å². The summed E-state index contributed by atoms with van der Waals surface area (Å²) in [7, 11) is 4.14. The average Bonchev–Trinajstić information content (AvgIpc) is 3.26. The molecule has 0 unspecified atom stereocenters. The molecule has 1 heterocycles. The summed E-state index contributed by atoms with van der Waals surface area (Å²) in [6, 6.07) is 11.9. The smallest absolute Gasteiger partial charge is 0.191 e. The molecule has 0 aliphatic heterocycles. The topological polar surface area (TPSA) is 71.3 Å². The van der Waals surface area contributed by atoms with Gasteiger partial charge in [0, 0.05) is 26.2 Å². The Balaban J connectivity index is 0.00000480. The molecule has 2 N–H and O–H groups in total. The Kier molecular flexibility index (Phi) is 14.8. The molecule has 1 aromatic heterocycles. The number of furan rings is 1. The number of nitrogens with zero attached hydrogens (tertiary/aromatic N) is 2. The molecule has 2 aromatic rings. The van der Waals surface area contributed by atoms with Crippen LogP contribution in [0.4, 0.5) is 0 Å². The Morgan fingerprint density at radius 2 is 1.87 bits per heavy atom. The number of hydrogen-bond donors (Lipinski definition) is 2. The van der Waals surface area contributed by atoms with Gasteiger partial charge in [-0.05, 0) is 63.7 Å². The van der Waals surface area contributed by atoms with E-state index in [1.807, 2.05) is 24.3 Å². The third-order valence-electron chi connectivity index (χ3n) is 4.29. The van der Waals surface area contributed by atoms with Crippen molar-refractivity contribution in [3.05, 3.63) is 54.0 Å². The molecular weight excluding hydrogens is 507 g/mol. The second-order valence-corrected chi connectivity index (χ2v) is 7.26. The van der Waals surface area contributed by atoms with Crippen molar-refractivity contribution < 1.29 is 13.9 Å². The maximum atomic E-state index is 5.78. The quantitative estimate of drug-likeness (QED) is 0.163. The Bertz CT molecular complexity index is 706. The first kappa shape index (κ1) is 27.3. The van der Waals surface area contributed by atoms with Gasteiger partial charge in [0.1, 0.15) is 18.1 Å². The van der Waals surface area contributed by atoms with Crippen LogP contribution in [0.5, 0.6) is 5.75 Å².